The Morgan fingerprint density at radius 1 is 0.778 bits per heavy atom. The minimum atomic E-state index is -0.175. The third-order valence-electron chi connectivity index (χ3n) is 7.51. The lowest BCUT2D eigenvalue weighted by atomic mass is 9.97. The maximum atomic E-state index is 13.6. The lowest BCUT2D eigenvalue weighted by molar-refractivity contribution is 0.0724. The Kier molecular flexibility index (Phi) is 7.36. The second kappa shape index (κ2) is 11.0. The van der Waals surface area contributed by atoms with Crippen molar-refractivity contribution in [3.63, 3.8) is 0 Å². The molecule has 0 aromatic heterocycles. The van der Waals surface area contributed by atoms with Crippen LogP contribution >= 0.6 is 0 Å². The molecule has 2 aliphatic heterocycles. The van der Waals surface area contributed by atoms with Gasteiger partial charge in [0.05, 0.1) is 5.56 Å². The minimum Gasteiger partial charge on any atom is -0.371 e. The van der Waals surface area contributed by atoms with Gasteiger partial charge in [-0.15, -0.1) is 0 Å². The van der Waals surface area contributed by atoms with E-state index in [1.165, 1.54) is 6.42 Å². The lowest BCUT2D eigenvalue weighted by Crippen LogP contribution is -2.38. The Morgan fingerprint density at radius 3 is 2.14 bits per heavy atom. The topological polar surface area (TPSA) is 52.7 Å². The molecular formula is C31H35N3O2. The van der Waals surface area contributed by atoms with Crippen molar-refractivity contribution >= 4 is 23.2 Å². The van der Waals surface area contributed by atoms with Gasteiger partial charge in [-0.05, 0) is 79.5 Å². The van der Waals surface area contributed by atoms with E-state index in [-0.39, 0.29) is 11.8 Å². The smallest absolute Gasteiger partial charge is 0.256 e. The van der Waals surface area contributed by atoms with Gasteiger partial charge in [-0.2, -0.15) is 0 Å². The van der Waals surface area contributed by atoms with Crippen LogP contribution in [0.2, 0.25) is 0 Å². The quantitative estimate of drug-likeness (QED) is 0.454. The van der Waals surface area contributed by atoms with E-state index in [2.05, 4.69) is 29.3 Å². The number of hydrogen-bond acceptors (Lipinski definition) is 3. The summed E-state index contributed by atoms with van der Waals surface area (Å²) >= 11 is 0. The molecule has 5 nitrogen and oxygen atoms in total. The molecule has 0 unspecified atom stereocenters. The fourth-order valence-corrected chi connectivity index (χ4v) is 5.23. The summed E-state index contributed by atoms with van der Waals surface area (Å²) in [4.78, 5) is 31.0. The average molecular weight is 482 g/mol. The zero-order valence-corrected chi connectivity index (χ0v) is 21.1. The molecule has 3 aromatic carbocycles. The monoisotopic (exact) mass is 481 g/mol. The molecule has 2 aliphatic rings. The number of rotatable bonds is 5. The summed E-state index contributed by atoms with van der Waals surface area (Å²) in [7, 11) is 0. The highest BCUT2D eigenvalue weighted by Gasteiger charge is 2.25. The third kappa shape index (κ3) is 5.46. The zero-order valence-electron chi connectivity index (χ0n) is 21.1. The van der Waals surface area contributed by atoms with E-state index in [1.54, 1.807) is 0 Å². The van der Waals surface area contributed by atoms with Crippen molar-refractivity contribution in [3.05, 3.63) is 83.9 Å². The normalized spacial score (nSPS) is 16.6. The number of benzene rings is 3. The molecule has 1 N–H and O–H groups in total. The van der Waals surface area contributed by atoms with E-state index in [1.807, 2.05) is 65.6 Å². The molecular weight excluding hydrogens is 446 g/mol. The van der Waals surface area contributed by atoms with E-state index in [9.17, 15) is 9.59 Å². The first-order valence-electron chi connectivity index (χ1n) is 13.2. The van der Waals surface area contributed by atoms with Crippen molar-refractivity contribution in [2.24, 2.45) is 5.92 Å². The molecule has 186 valence electrons. The first-order valence-corrected chi connectivity index (χ1v) is 13.2. The average Bonchev–Trinajstić information content (AvgIpc) is 2.94. The van der Waals surface area contributed by atoms with Crippen molar-refractivity contribution in [2.45, 2.75) is 39.0 Å². The summed E-state index contributed by atoms with van der Waals surface area (Å²) in [5.41, 5.74) is 5.12. The Hall–Kier alpha value is -3.60. The predicted octanol–water partition coefficient (Wildman–Crippen LogP) is 6.47. The van der Waals surface area contributed by atoms with Gasteiger partial charge in [0.25, 0.3) is 11.8 Å². The molecule has 5 rings (SSSR count). The minimum absolute atomic E-state index is 0.0756. The van der Waals surface area contributed by atoms with Crippen molar-refractivity contribution < 1.29 is 9.59 Å². The van der Waals surface area contributed by atoms with Crippen LogP contribution in [0.4, 0.5) is 11.4 Å². The molecule has 2 heterocycles. The Labute approximate surface area is 214 Å². The van der Waals surface area contributed by atoms with E-state index in [4.69, 9.17) is 0 Å². The Bertz CT molecular complexity index is 1190. The predicted molar refractivity (Wildman–Crippen MR) is 147 cm³/mol. The van der Waals surface area contributed by atoms with Crippen LogP contribution in [0.1, 0.15) is 59.7 Å². The van der Waals surface area contributed by atoms with Crippen LogP contribution in [0.5, 0.6) is 0 Å². The fraction of sp³-hybridized carbons (Fsp3) is 0.355. The Morgan fingerprint density at radius 2 is 1.44 bits per heavy atom. The molecule has 3 aromatic rings. The molecule has 2 saturated heterocycles. The number of anilines is 2. The van der Waals surface area contributed by atoms with E-state index >= 15 is 0 Å². The number of nitrogens with one attached hydrogen (secondary N) is 1. The summed E-state index contributed by atoms with van der Waals surface area (Å²) in [6, 6.07) is 23.6. The molecule has 0 atom stereocenters. The van der Waals surface area contributed by atoms with Gasteiger partial charge in [0.15, 0.2) is 0 Å². The van der Waals surface area contributed by atoms with Crippen LogP contribution < -0.4 is 10.2 Å². The van der Waals surface area contributed by atoms with Crippen molar-refractivity contribution in [2.75, 3.05) is 36.4 Å². The van der Waals surface area contributed by atoms with Crippen LogP contribution in [-0.2, 0) is 0 Å². The SMILES string of the molecule is CC1CCN(c2ccc(NC(=O)c3ccc(-c4ccccc4)cc3)cc2C(=O)N2CCCCC2)CC1. The number of piperidine rings is 2. The molecule has 5 heteroatoms. The third-order valence-corrected chi connectivity index (χ3v) is 7.51. The summed E-state index contributed by atoms with van der Waals surface area (Å²) in [6.07, 6.45) is 5.55. The van der Waals surface area contributed by atoms with Crippen LogP contribution in [0, 0.1) is 5.92 Å². The molecule has 0 radical (unpaired) electrons. The largest absolute Gasteiger partial charge is 0.371 e. The second-order valence-electron chi connectivity index (χ2n) is 10.2. The van der Waals surface area contributed by atoms with Crippen molar-refractivity contribution in [3.8, 4) is 11.1 Å². The fourth-order valence-electron chi connectivity index (χ4n) is 5.23. The van der Waals surface area contributed by atoms with Gasteiger partial charge < -0.3 is 15.1 Å². The van der Waals surface area contributed by atoms with Crippen LogP contribution in [-0.4, -0.2) is 42.9 Å². The van der Waals surface area contributed by atoms with Gasteiger partial charge >= 0.3 is 0 Å². The van der Waals surface area contributed by atoms with Gasteiger partial charge in [0.1, 0.15) is 0 Å². The standard InChI is InChI=1S/C31H35N3O2/c1-23-16-20-33(21-17-23)29-15-14-27(22-28(29)31(36)34-18-6-3-7-19-34)32-30(35)26-12-10-25(11-13-26)24-8-4-2-5-9-24/h2,4-5,8-15,22-23H,3,6-7,16-21H2,1H3,(H,32,35). The van der Waals surface area contributed by atoms with Gasteiger partial charge in [0, 0.05) is 43.1 Å². The van der Waals surface area contributed by atoms with Gasteiger partial charge in [-0.1, -0.05) is 49.4 Å². The van der Waals surface area contributed by atoms with Crippen LogP contribution in [0.15, 0.2) is 72.8 Å². The van der Waals surface area contributed by atoms with Crippen LogP contribution in [0.25, 0.3) is 11.1 Å². The summed E-state index contributed by atoms with van der Waals surface area (Å²) < 4.78 is 0. The van der Waals surface area contributed by atoms with E-state index in [0.29, 0.717) is 22.7 Å². The second-order valence-corrected chi connectivity index (χ2v) is 10.2. The zero-order chi connectivity index (χ0) is 24.9. The highest BCUT2D eigenvalue weighted by molar-refractivity contribution is 6.06. The van der Waals surface area contributed by atoms with Gasteiger partial charge in [-0.3, -0.25) is 9.59 Å². The Balaban J connectivity index is 1.37. The van der Waals surface area contributed by atoms with Crippen LogP contribution in [0.3, 0.4) is 0 Å². The van der Waals surface area contributed by atoms with E-state index in [0.717, 1.165) is 68.7 Å². The van der Waals surface area contributed by atoms with Gasteiger partial charge in [0.2, 0.25) is 0 Å². The molecule has 0 saturated carbocycles. The number of hydrogen-bond donors (Lipinski definition) is 1. The van der Waals surface area contributed by atoms with Crippen molar-refractivity contribution in [1.29, 1.82) is 0 Å². The maximum absolute atomic E-state index is 13.6. The number of likely N-dealkylation sites (tertiary alicyclic amines) is 1. The summed E-state index contributed by atoms with van der Waals surface area (Å²) in [5, 5.41) is 3.02. The highest BCUT2D eigenvalue weighted by atomic mass is 16.2. The molecule has 0 spiro atoms. The summed E-state index contributed by atoms with van der Waals surface area (Å²) in [6.45, 7) is 5.82. The molecule has 0 aliphatic carbocycles. The lowest BCUT2D eigenvalue weighted by Gasteiger charge is -2.35. The number of carbonyl (C=O) groups excluding carboxylic acids is 2. The molecule has 0 bridgehead atoms. The highest BCUT2D eigenvalue weighted by Crippen LogP contribution is 2.30. The summed E-state index contributed by atoms with van der Waals surface area (Å²) in [5.74, 6) is 0.617. The number of amides is 2. The number of nitrogens with zero attached hydrogens (tertiary/aromatic N) is 2. The molecule has 2 amide bonds. The molecule has 2 fully saturated rings. The maximum Gasteiger partial charge on any atom is 0.256 e. The van der Waals surface area contributed by atoms with Crippen molar-refractivity contribution in [1.82, 2.24) is 4.90 Å². The number of carbonyl (C=O) groups is 2. The molecule has 36 heavy (non-hydrogen) atoms. The van der Waals surface area contributed by atoms with Gasteiger partial charge in [-0.25, -0.2) is 0 Å². The first-order chi connectivity index (χ1) is 17.6. The first kappa shape index (κ1) is 24.1. The van der Waals surface area contributed by atoms with E-state index < -0.39 is 0 Å².